The maximum Gasteiger partial charge on any atom is 0.334 e. The summed E-state index contributed by atoms with van der Waals surface area (Å²) in [7, 11) is 0. The topological polar surface area (TPSA) is 74.2 Å². The largest absolute Gasteiger partial charge is 0.497 e. The molecule has 0 amide bonds. The zero-order valence-electron chi connectivity index (χ0n) is 27.1. The summed E-state index contributed by atoms with van der Waals surface area (Å²) in [5, 5.41) is 10.1. The number of hydrogen-bond acceptors (Lipinski definition) is 5. The highest BCUT2D eigenvalue weighted by molar-refractivity contribution is 5.86. The minimum absolute atomic E-state index is 0.104. The molecular formula is C36H60O6. The molecule has 2 atom stereocenters. The Bertz CT molecular complexity index is 917. The number of unbranched alkanes of at least 4 members (excludes halogenated alkanes) is 4. The van der Waals surface area contributed by atoms with Crippen molar-refractivity contribution in [3.63, 3.8) is 0 Å². The molecule has 0 aromatic carbocycles. The van der Waals surface area contributed by atoms with Crippen LogP contribution in [0.25, 0.3) is 0 Å². The van der Waals surface area contributed by atoms with E-state index in [1.165, 1.54) is 64.2 Å². The second-order valence-corrected chi connectivity index (χ2v) is 15.5. The average molecular weight is 589 g/mol. The number of rotatable bonds is 20. The lowest BCUT2D eigenvalue weighted by atomic mass is 9.47. The lowest BCUT2D eigenvalue weighted by Gasteiger charge is -2.62. The summed E-state index contributed by atoms with van der Waals surface area (Å²) in [6, 6.07) is 0. The number of carboxylic acid groups (broad SMARTS) is 1. The Labute approximate surface area is 255 Å². The first-order valence-corrected chi connectivity index (χ1v) is 17.6. The normalized spacial score (nSPS) is 32.6. The maximum atomic E-state index is 12.3. The molecule has 240 valence electrons. The third kappa shape index (κ3) is 7.23. The van der Waals surface area contributed by atoms with E-state index in [4.69, 9.17) is 18.9 Å². The van der Waals surface area contributed by atoms with Crippen molar-refractivity contribution in [1.29, 1.82) is 0 Å². The minimum Gasteiger partial charge on any atom is -0.497 e. The smallest absolute Gasteiger partial charge is 0.334 e. The molecule has 0 aromatic heterocycles. The van der Waals surface area contributed by atoms with Gasteiger partial charge in [0.1, 0.15) is 5.76 Å². The van der Waals surface area contributed by atoms with Crippen molar-refractivity contribution in [3.8, 4) is 0 Å². The van der Waals surface area contributed by atoms with E-state index >= 15 is 0 Å². The second-order valence-electron chi connectivity index (χ2n) is 15.5. The van der Waals surface area contributed by atoms with Gasteiger partial charge in [0.05, 0.1) is 44.2 Å². The van der Waals surface area contributed by atoms with Crippen LogP contribution >= 0.6 is 0 Å². The monoisotopic (exact) mass is 588 g/mol. The van der Waals surface area contributed by atoms with E-state index in [9.17, 15) is 9.90 Å². The predicted octanol–water partition coefficient (Wildman–Crippen LogP) is 8.47. The quantitative estimate of drug-likeness (QED) is 0.0873. The summed E-state index contributed by atoms with van der Waals surface area (Å²) in [5.74, 6) is 1.19. The second kappa shape index (κ2) is 13.9. The molecule has 4 aliphatic carbocycles. The predicted molar refractivity (Wildman–Crippen MR) is 165 cm³/mol. The van der Waals surface area contributed by atoms with Crippen LogP contribution in [-0.4, -0.2) is 56.3 Å². The lowest BCUT2D eigenvalue weighted by molar-refractivity contribution is -0.193. The van der Waals surface area contributed by atoms with Gasteiger partial charge in [-0.3, -0.25) is 0 Å². The Morgan fingerprint density at radius 1 is 0.762 bits per heavy atom. The molecule has 4 bridgehead atoms. The highest BCUT2D eigenvalue weighted by atomic mass is 16.5. The van der Waals surface area contributed by atoms with Crippen LogP contribution < -0.4 is 0 Å². The summed E-state index contributed by atoms with van der Waals surface area (Å²) in [4.78, 5) is 12.3. The number of hydrogen-bond donors (Lipinski definition) is 1. The number of ether oxygens (including phenoxy) is 4. The van der Waals surface area contributed by atoms with Crippen LogP contribution in [0.3, 0.4) is 0 Å². The molecule has 42 heavy (non-hydrogen) atoms. The van der Waals surface area contributed by atoms with E-state index < -0.39 is 5.97 Å². The van der Waals surface area contributed by atoms with Gasteiger partial charge in [-0.25, -0.2) is 4.79 Å². The van der Waals surface area contributed by atoms with Gasteiger partial charge in [-0.15, -0.1) is 0 Å². The molecule has 2 unspecified atom stereocenters. The van der Waals surface area contributed by atoms with Gasteiger partial charge < -0.3 is 24.1 Å². The van der Waals surface area contributed by atoms with Crippen molar-refractivity contribution in [1.82, 2.24) is 0 Å². The van der Waals surface area contributed by atoms with Crippen LogP contribution in [0.4, 0.5) is 0 Å². The number of aliphatic carboxylic acids is 1. The fourth-order valence-corrected chi connectivity index (χ4v) is 9.75. The first-order chi connectivity index (χ1) is 20.3. The summed E-state index contributed by atoms with van der Waals surface area (Å²) in [5.41, 5.74) is 0.932. The van der Waals surface area contributed by atoms with E-state index in [0.29, 0.717) is 34.8 Å². The fraction of sp³-hybridized carbons (Fsp3) is 0.917. The van der Waals surface area contributed by atoms with Gasteiger partial charge in [-0.05, 0) is 102 Å². The van der Waals surface area contributed by atoms with Crippen LogP contribution in [0.15, 0.2) is 11.3 Å². The molecule has 6 nitrogen and oxygen atoms in total. The highest BCUT2D eigenvalue weighted by Crippen LogP contribution is 2.65. The number of carbonyl (C=O) groups is 1. The summed E-state index contributed by atoms with van der Waals surface area (Å²) >= 11 is 0. The standard InChI is InChI=1S/C36H60O6/c1-4-6-12-33(24-39-25-33)14-8-10-16-41-31(28(3)32(37)38)35-19-29-18-30(20-35)22-36(21-29,23-35)42-17-11-9-15-34(13-7-5-2)26-40-27-34/h29-30H,4-27H2,1-3H3,(H,37,38). The molecule has 6 rings (SSSR count). The van der Waals surface area contributed by atoms with E-state index in [2.05, 4.69) is 13.8 Å². The van der Waals surface area contributed by atoms with Crippen LogP contribution in [0, 0.1) is 28.1 Å². The first kappa shape index (κ1) is 32.3. The molecule has 4 saturated carbocycles. The van der Waals surface area contributed by atoms with Crippen LogP contribution in [0.2, 0.25) is 0 Å². The van der Waals surface area contributed by atoms with Gasteiger partial charge in [-0.2, -0.15) is 0 Å². The first-order valence-electron chi connectivity index (χ1n) is 17.6. The molecule has 1 N–H and O–H groups in total. The molecule has 6 heteroatoms. The van der Waals surface area contributed by atoms with Gasteiger partial charge in [0.25, 0.3) is 0 Å². The highest BCUT2D eigenvalue weighted by Gasteiger charge is 2.60. The third-order valence-corrected chi connectivity index (χ3v) is 11.8. The number of allylic oxidation sites excluding steroid dienone is 1. The fourth-order valence-electron chi connectivity index (χ4n) is 9.75. The Hall–Kier alpha value is -1.11. The van der Waals surface area contributed by atoms with E-state index in [0.717, 1.165) is 90.2 Å². The van der Waals surface area contributed by atoms with Gasteiger partial charge in [0, 0.05) is 22.9 Å². The van der Waals surface area contributed by atoms with Crippen molar-refractivity contribution >= 4 is 5.97 Å². The van der Waals surface area contributed by atoms with Crippen LogP contribution in [-0.2, 0) is 23.7 Å². The van der Waals surface area contributed by atoms with E-state index in [1.54, 1.807) is 6.92 Å². The van der Waals surface area contributed by atoms with Gasteiger partial charge in [0.2, 0.25) is 0 Å². The minimum atomic E-state index is -0.835. The maximum absolute atomic E-state index is 12.3. The average Bonchev–Trinajstić information content (AvgIpc) is 2.90. The molecule has 0 aromatic rings. The van der Waals surface area contributed by atoms with E-state index in [1.807, 2.05) is 0 Å². The summed E-state index contributed by atoms with van der Waals surface area (Å²) in [6.45, 7) is 11.4. The van der Waals surface area contributed by atoms with Crippen molar-refractivity contribution in [2.75, 3.05) is 39.6 Å². The molecular weight excluding hydrogens is 528 g/mol. The summed E-state index contributed by atoms with van der Waals surface area (Å²) in [6.07, 6.45) is 21.1. The molecule has 0 radical (unpaired) electrons. The van der Waals surface area contributed by atoms with Gasteiger partial charge in [0.15, 0.2) is 0 Å². The molecule has 2 heterocycles. The van der Waals surface area contributed by atoms with E-state index in [-0.39, 0.29) is 11.0 Å². The van der Waals surface area contributed by atoms with Crippen molar-refractivity contribution in [3.05, 3.63) is 11.3 Å². The Morgan fingerprint density at radius 2 is 1.29 bits per heavy atom. The zero-order valence-corrected chi connectivity index (χ0v) is 27.1. The Kier molecular flexibility index (Phi) is 10.7. The van der Waals surface area contributed by atoms with Gasteiger partial charge in [-0.1, -0.05) is 46.0 Å². The Morgan fingerprint density at radius 3 is 1.76 bits per heavy atom. The molecule has 2 saturated heterocycles. The Balaban J connectivity index is 1.16. The number of carboxylic acids is 1. The SMILES string of the molecule is CCCCC1(CCCCOC(=C(C)C(=O)O)C23CC4CC(CC(OCCCCC5(CCCC)COC5)(C4)C2)C3)COC1. The molecule has 2 aliphatic heterocycles. The van der Waals surface area contributed by atoms with Crippen LogP contribution in [0.5, 0.6) is 0 Å². The zero-order chi connectivity index (χ0) is 29.7. The molecule has 6 fully saturated rings. The van der Waals surface area contributed by atoms with Crippen molar-refractivity contribution in [2.24, 2.45) is 28.1 Å². The molecule has 6 aliphatic rings. The lowest BCUT2D eigenvalue weighted by Crippen LogP contribution is -2.58. The van der Waals surface area contributed by atoms with Crippen molar-refractivity contribution < 1.29 is 28.8 Å². The van der Waals surface area contributed by atoms with Crippen LogP contribution in [0.1, 0.15) is 136 Å². The molecule has 0 spiro atoms. The third-order valence-electron chi connectivity index (χ3n) is 11.8. The van der Waals surface area contributed by atoms with Gasteiger partial charge >= 0.3 is 5.97 Å². The van der Waals surface area contributed by atoms with Crippen molar-refractivity contribution in [2.45, 2.75) is 142 Å². The summed E-state index contributed by atoms with van der Waals surface area (Å²) < 4.78 is 24.6.